The van der Waals surface area contributed by atoms with Gasteiger partial charge in [0.05, 0.1) is 54.3 Å². The summed E-state index contributed by atoms with van der Waals surface area (Å²) in [7, 11) is 7.93. The van der Waals surface area contributed by atoms with E-state index in [2.05, 4.69) is 15.8 Å². The number of carbonyl (C=O) groups excluding carboxylic acids is 1. The summed E-state index contributed by atoms with van der Waals surface area (Å²) in [5, 5.41) is 10.7. The third-order valence-electron chi connectivity index (χ3n) is 8.74. The van der Waals surface area contributed by atoms with Crippen molar-refractivity contribution in [3.05, 3.63) is 90.0 Å². The van der Waals surface area contributed by atoms with Crippen molar-refractivity contribution in [2.24, 2.45) is 0 Å². The Hall–Kier alpha value is -6.04. The summed E-state index contributed by atoms with van der Waals surface area (Å²) < 4.78 is 45.5. The van der Waals surface area contributed by atoms with Crippen molar-refractivity contribution in [3.63, 3.8) is 0 Å². The fourth-order valence-electron chi connectivity index (χ4n) is 6.00. The van der Waals surface area contributed by atoms with Crippen LogP contribution >= 0.6 is 0 Å². The number of hydrogen-bond acceptors (Lipinski definition) is 11. The molecular formula is C40H43N3O9. The van der Waals surface area contributed by atoms with Crippen LogP contribution < -0.4 is 43.8 Å². The Labute approximate surface area is 302 Å². The van der Waals surface area contributed by atoms with E-state index in [1.165, 1.54) is 0 Å². The summed E-state index contributed by atoms with van der Waals surface area (Å²) in [5.74, 6) is 4.50. The van der Waals surface area contributed by atoms with Crippen LogP contribution in [0.4, 0.5) is 5.69 Å². The molecular weight excluding hydrogens is 666 g/mol. The molecule has 4 aromatic carbocycles. The Morgan fingerprint density at radius 3 is 1.96 bits per heavy atom. The van der Waals surface area contributed by atoms with E-state index < -0.39 is 0 Å². The van der Waals surface area contributed by atoms with Crippen LogP contribution in [-0.4, -0.2) is 59.8 Å². The zero-order valence-electron chi connectivity index (χ0n) is 29.9. The summed E-state index contributed by atoms with van der Waals surface area (Å²) in [4.78, 5) is 12.6. The number of rotatable bonds is 17. The van der Waals surface area contributed by atoms with Gasteiger partial charge in [-0.25, -0.2) is 0 Å². The van der Waals surface area contributed by atoms with Gasteiger partial charge in [0.2, 0.25) is 5.75 Å². The van der Waals surface area contributed by atoms with E-state index in [1.54, 1.807) is 41.6 Å². The summed E-state index contributed by atoms with van der Waals surface area (Å²) in [6, 6.07) is 24.3. The molecule has 12 nitrogen and oxygen atoms in total. The van der Waals surface area contributed by atoms with Crippen molar-refractivity contribution in [3.8, 4) is 62.8 Å². The van der Waals surface area contributed by atoms with Gasteiger partial charge in [0.15, 0.2) is 40.3 Å². The average Bonchev–Trinajstić information content (AvgIpc) is 3.69. The summed E-state index contributed by atoms with van der Waals surface area (Å²) >= 11 is 0. The lowest BCUT2D eigenvalue weighted by Gasteiger charge is -2.28. The fourth-order valence-corrected chi connectivity index (χ4v) is 6.00. The number of ether oxygens (including phenoxy) is 7. The van der Waals surface area contributed by atoms with Gasteiger partial charge >= 0.3 is 0 Å². The smallest absolute Gasteiger partial charge is 0.255 e. The van der Waals surface area contributed by atoms with Crippen molar-refractivity contribution < 1.29 is 42.5 Å². The molecule has 1 aliphatic heterocycles. The molecule has 1 aromatic heterocycles. The molecule has 1 unspecified atom stereocenters. The number of methoxy groups -OCH3 is 5. The first kappa shape index (κ1) is 35.8. The van der Waals surface area contributed by atoms with E-state index in [0.29, 0.717) is 70.5 Å². The molecule has 5 aromatic rings. The maximum atomic E-state index is 12.6. The molecule has 1 amide bonds. The second-order valence-corrected chi connectivity index (χ2v) is 12.0. The van der Waals surface area contributed by atoms with Crippen LogP contribution in [0.15, 0.2) is 83.4 Å². The van der Waals surface area contributed by atoms with Gasteiger partial charge < -0.3 is 48.3 Å². The van der Waals surface area contributed by atoms with Gasteiger partial charge in [0, 0.05) is 22.9 Å². The average molecular weight is 710 g/mol. The lowest BCUT2D eigenvalue weighted by Crippen LogP contribution is -2.38. The van der Waals surface area contributed by atoms with E-state index in [0.717, 1.165) is 48.1 Å². The number of unbranched alkanes of at least 4 members (excludes halogenated alkanes) is 3. The van der Waals surface area contributed by atoms with E-state index in [-0.39, 0.29) is 12.1 Å². The molecule has 52 heavy (non-hydrogen) atoms. The number of carbonyl (C=O) groups is 1. The number of amides is 1. The van der Waals surface area contributed by atoms with Crippen molar-refractivity contribution in [1.82, 2.24) is 10.5 Å². The monoisotopic (exact) mass is 709 g/mol. The number of hydrogen-bond donors (Lipinski definition) is 2. The minimum absolute atomic E-state index is 0.119. The maximum absolute atomic E-state index is 12.6. The van der Waals surface area contributed by atoms with Gasteiger partial charge in [-0.05, 0) is 85.8 Å². The zero-order valence-corrected chi connectivity index (χ0v) is 29.9. The topological polar surface area (TPSA) is 132 Å². The van der Waals surface area contributed by atoms with Crippen molar-refractivity contribution in [2.75, 3.05) is 54.1 Å². The molecule has 0 saturated carbocycles. The Bertz CT molecular complexity index is 1970. The minimum atomic E-state index is -0.370. The second-order valence-electron chi connectivity index (χ2n) is 12.0. The zero-order chi connectivity index (χ0) is 36.5. The SMILES string of the molecule is COc1cc(C2NC(=O)c3ccccc3N2)ccc1OCCCCCCOc1cc(-c2cc(-c3cc(OC)c(OC)c(OC)c3)on2)ccc1OC. The van der Waals surface area contributed by atoms with Crippen molar-refractivity contribution >= 4 is 11.6 Å². The van der Waals surface area contributed by atoms with E-state index in [1.807, 2.05) is 72.8 Å². The molecule has 0 fully saturated rings. The number of benzene rings is 4. The lowest BCUT2D eigenvalue weighted by atomic mass is 10.1. The van der Waals surface area contributed by atoms with Gasteiger partial charge in [-0.1, -0.05) is 23.4 Å². The molecule has 0 aliphatic carbocycles. The van der Waals surface area contributed by atoms with Crippen LogP contribution in [0.3, 0.4) is 0 Å². The molecule has 2 heterocycles. The van der Waals surface area contributed by atoms with Gasteiger partial charge in [-0.2, -0.15) is 0 Å². The molecule has 6 rings (SSSR count). The number of nitrogens with zero attached hydrogens (tertiary/aromatic N) is 1. The quantitative estimate of drug-likeness (QED) is 0.0913. The number of fused-ring (bicyclic) bond motifs is 1. The molecule has 0 bridgehead atoms. The van der Waals surface area contributed by atoms with Gasteiger partial charge in [0.25, 0.3) is 5.91 Å². The summed E-state index contributed by atoms with van der Waals surface area (Å²) in [6.07, 6.45) is 3.31. The normalized spacial score (nSPS) is 13.3. The first-order valence-corrected chi connectivity index (χ1v) is 17.0. The molecule has 1 aliphatic rings. The van der Waals surface area contributed by atoms with Crippen LogP contribution in [0.25, 0.3) is 22.6 Å². The molecule has 272 valence electrons. The molecule has 1 atom stereocenters. The highest BCUT2D eigenvalue weighted by atomic mass is 16.5. The van der Waals surface area contributed by atoms with Crippen LogP contribution in [0.5, 0.6) is 40.2 Å². The first-order valence-electron chi connectivity index (χ1n) is 17.0. The number of para-hydroxylation sites is 1. The molecule has 0 radical (unpaired) electrons. The minimum Gasteiger partial charge on any atom is -0.493 e. The Morgan fingerprint density at radius 1 is 0.615 bits per heavy atom. The standard InChI is InChI=1S/C40H43N3O9/c1-45-31-16-14-25(30-24-33(52-43-30)27-22-36(47-3)38(49-5)37(23-27)48-4)20-35(31)51-19-11-7-6-10-18-50-32-17-15-26(21-34(32)46-2)39-41-29-13-9-8-12-28(29)40(44)42-39/h8-9,12-17,20-24,39,41H,6-7,10-11,18-19H2,1-5H3,(H,42,44). The van der Waals surface area contributed by atoms with Crippen LogP contribution in [-0.2, 0) is 0 Å². The predicted octanol–water partition coefficient (Wildman–Crippen LogP) is 7.92. The molecule has 0 saturated heterocycles. The first-order chi connectivity index (χ1) is 25.5. The lowest BCUT2D eigenvalue weighted by molar-refractivity contribution is 0.0935. The number of nitrogens with one attached hydrogen (secondary N) is 2. The third kappa shape index (κ3) is 7.96. The number of anilines is 1. The van der Waals surface area contributed by atoms with E-state index in [4.69, 9.17) is 37.7 Å². The van der Waals surface area contributed by atoms with Crippen molar-refractivity contribution in [1.29, 1.82) is 0 Å². The Kier molecular flexibility index (Phi) is 11.5. The van der Waals surface area contributed by atoms with Gasteiger partial charge in [0.1, 0.15) is 11.9 Å². The highest BCUT2D eigenvalue weighted by molar-refractivity contribution is 6.01. The van der Waals surface area contributed by atoms with E-state index >= 15 is 0 Å². The third-order valence-corrected chi connectivity index (χ3v) is 8.74. The Morgan fingerprint density at radius 2 is 1.27 bits per heavy atom. The fraction of sp³-hybridized carbons (Fsp3) is 0.300. The van der Waals surface area contributed by atoms with Crippen LogP contribution in [0.1, 0.15) is 47.8 Å². The van der Waals surface area contributed by atoms with Crippen molar-refractivity contribution in [2.45, 2.75) is 31.8 Å². The largest absolute Gasteiger partial charge is 0.493 e. The van der Waals surface area contributed by atoms with Gasteiger partial charge in [-0.15, -0.1) is 0 Å². The van der Waals surface area contributed by atoms with Crippen LogP contribution in [0, 0.1) is 0 Å². The highest BCUT2D eigenvalue weighted by Crippen LogP contribution is 2.42. The molecule has 12 heteroatoms. The van der Waals surface area contributed by atoms with E-state index in [9.17, 15) is 4.79 Å². The second kappa shape index (κ2) is 16.8. The maximum Gasteiger partial charge on any atom is 0.255 e. The predicted molar refractivity (Wildman–Crippen MR) is 196 cm³/mol. The summed E-state index contributed by atoms with van der Waals surface area (Å²) in [6.45, 7) is 1.08. The summed E-state index contributed by atoms with van der Waals surface area (Å²) in [5.41, 5.74) is 4.49. The molecule has 2 N–H and O–H groups in total. The Balaban J connectivity index is 0.975. The molecule has 0 spiro atoms. The number of aromatic nitrogens is 1. The highest BCUT2D eigenvalue weighted by Gasteiger charge is 2.25. The van der Waals surface area contributed by atoms with Crippen LogP contribution in [0.2, 0.25) is 0 Å². The van der Waals surface area contributed by atoms with Gasteiger partial charge in [-0.3, -0.25) is 4.79 Å².